The number of hydrogen-bond acceptors (Lipinski definition) is 3. The van der Waals surface area contributed by atoms with Crippen LogP contribution in [0.25, 0.3) is 0 Å². The van der Waals surface area contributed by atoms with E-state index in [0.717, 1.165) is 21.4 Å². The summed E-state index contributed by atoms with van der Waals surface area (Å²) in [6.45, 7) is 4.30. The number of nitrogens with zero attached hydrogens (tertiary/aromatic N) is 4. The van der Waals surface area contributed by atoms with Crippen LogP contribution in [0.5, 0.6) is 0 Å². The third-order valence-electron chi connectivity index (χ3n) is 3.85. The summed E-state index contributed by atoms with van der Waals surface area (Å²) in [4.78, 5) is 12.3. The van der Waals surface area contributed by atoms with Crippen LogP contribution < -0.4 is 5.32 Å². The second-order valence-corrected chi connectivity index (χ2v) is 7.41. The van der Waals surface area contributed by atoms with Crippen LogP contribution in [0.2, 0.25) is 10.0 Å². The molecule has 0 spiro atoms. The Morgan fingerprint density at radius 3 is 2.58 bits per heavy atom. The first-order valence-electron chi connectivity index (χ1n) is 7.81. The lowest BCUT2D eigenvalue weighted by molar-refractivity contribution is -0.117. The summed E-state index contributed by atoms with van der Waals surface area (Å²) in [7, 11) is 0. The zero-order valence-corrected chi connectivity index (χ0v) is 17.2. The molecule has 0 fully saturated rings. The zero-order chi connectivity index (χ0) is 18.8. The molecule has 2 heterocycles. The molecular formula is C17H16BrCl2N5O. The van der Waals surface area contributed by atoms with Gasteiger partial charge in [0.25, 0.3) is 0 Å². The first-order chi connectivity index (χ1) is 12.3. The summed E-state index contributed by atoms with van der Waals surface area (Å²) in [6.07, 6.45) is 1.65. The number of halogens is 3. The van der Waals surface area contributed by atoms with Gasteiger partial charge in [-0.15, -0.1) is 0 Å². The molecule has 0 aliphatic rings. The van der Waals surface area contributed by atoms with Crippen LogP contribution in [-0.2, 0) is 17.9 Å². The van der Waals surface area contributed by atoms with Crippen LogP contribution in [0.15, 0.2) is 34.9 Å². The van der Waals surface area contributed by atoms with Gasteiger partial charge in [0.15, 0.2) is 5.82 Å². The van der Waals surface area contributed by atoms with Crippen molar-refractivity contribution in [2.24, 2.45) is 0 Å². The van der Waals surface area contributed by atoms with Crippen molar-refractivity contribution in [2.45, 2.75) is 26.9 Å². The van der Waals surface area contributed by atoms with Crippen LogP contribution >= 0.6 is 39.1 Å². The van der Waals surface area contributed by atoms with E-state index in [1.165, 1.54) is 0 Å². The van der Waals surface area contributed by atoms with Crippen molar-refractivity contribution < 1.29 is 4.79 Å². The predicted molar refractivity (Wildman–Crippen MR) is 106 cm³/mol. The van der Waals surface area contributed by atoms with Gasteiger partial charge in [0.2, 0.25) is 5.91 Å². The Balaban J connectivity index is 1.70. The van der Waals surface area contributed by atoms with E-state index in [2.05, 4.69) is 31.4 Å². The van der Waals surface area contributed by atoms with Gasteiger partial charge in [-0.25, -0.2) is 0 Å². The zero-order valence-electron chi connectivity index (χ0n) is 14.1. The first kappa shape index (κ1) is 18.9. The molecule has 26 heavy (non-hydrogen) atoms. The maximum atomic E-state index is 12.3. The van der Waals surface area contributed by atoms with E-state index in [-0.39, 0.29) is 12.5 Å². The van der Waals surface area contributed by atoms with Gasteiger partial charge < -0.3 is 5.32 Å². The third kappa shape index (κ3) is 4.11. The van der Waals surface area contributed by atoms with Crippen molar-refractivity contribution in [2.75, 3.05) is 5.32 Å². The van der Waals surface area contributed by atoms with Crippen molar-refractivity contribution >= 4 is 50.9 Å². The summed E-state index contributed by atoms with van der Waals surface area (Å²) in [5, 5.41) is 12.4. The fourth-order valence-electron chi connectivity index (χ4n) is 2.50. The summed E-state index contributed by atoms with van der Waals surface area (Å²) in [5.74, 6) is 0.0531. The molecule has 1 N–H and O–H groups in total. The average molecular weight is 457 g/mol. The molecule has 0 radical (unpaired) electrons. The fourth-order valence-corrected chi connectivity index (χ4v) is 3.18. The molecule has 6 nitrogen and oxygen atoms in total. The van der Waals surface area contributed by atoms with Crippen LogP contribution in [0.1, 0.15) is 17.0 Å². The summed E-state index contributed by atoms with van der Waals surface area (Å²) < 4.78 is 4.16. The van der Waals surface area contributed by atoms with Crippen LogP contribution in [0, 0.1) is 13.8 Å². The van der Waals surface area contributed by atoms with Gasteiger partial charge in [0.05, 0.1) is 22.4 Å². The van der Waals surface area contributed by atoms with Crippen LogP contribution in [-0.4, -0.2) is 25.5 Å². The molecule has 136 valence electrons. The quantitative estimate of drug-likeness (QED) is 0.616. The van der Waals surface area contributed by atoms with E-state index in [4.69, 9.17) is 23.2 Å². The lowest BCUT2D eigenvalue weighted by atomic mass is 10.2. The minimum Gasteiger partial charge on any atom is -0.306 e. The maximum absolute atomic E-state index is 12.3. The molecule has 3 aromatic rings. The van der Waals surface area contributed by atoms with Gasteiger partial charge in [-0.2, -0.15) is 10.2 Å². The Labute approximate surface area is 169 Å². The molecule has 0 bridgehead atoms. The lowest BCUT2D eigenvalue weighted by Gasteiger charge is -2.06. The first-order valence-corrected chi connectivity index (χ1v) is 9.35. The Kier molecular flexibility index (Phi) is 5.70. The number of aryl methyl sites for hydroxylation is 1. The molecule has 3 rings (SSSR count). The summed E-state index contributed by atoms with van der Waals surface area (Å²) >= 11 is 15.8. The second-order valence-electron chi connectivity index (χ2n) is 5.81. The van der Waals surface area contributed by atoms with Crippen molar-refractivity contribution in [1.82, 2.24) is 19.6 Å². The third-order valence-corrected chi connectivity index (χ3v) is 5.64. The van der Waals surface area contributed by atoms with E-state index in [1.807, 2.05) is 38.1 Å². The molecule has 1 aromatic carbocycles. The monoisotopic (exact) mass is 455 g/mol. The predicted octanol–water partition coefficient (Wildman–Crippen LogP) is 4.45. The lowest BCUT2D eigenvalue weighted by Crippen LogP contribution is -2.21. The van der Waals surface area contributed by atoms with Gasteiger partial charge in [-0.1, -0.05) is 41.4 Å². The largest absolute Gasteiger partial charge is 0.306 e. The van der Waals surface area contributed by atoms with Gasteiger partial charge in [0.1, 0.15) is 11.6 Å². The number of rotatable bonds is 5. The Bertz CT molecular complexity index is 966. The molecule has 1 amide bonds. The number of nitrogens with one attached hydrogen (secondary N) is 1. The molecule has 9 heteroatoms. The second kappa shape index (κ2) is 7.82. The van der Waals surface area contributed by atoms with Crippen LogP contribution in [0.3, 0.4) is 0 Å². The molecule has 0 aliphatic heterocycles. The summed E-state index contributed by atoms with van der Waals surface area (Å²) in [6, 6.07) is 7.50. The highest BCUT2D eigenvalue weighted by Crippen LogP contribution is 2.23. The van der Waals surface area contributed by atoms with Gasteiger partial charge in [0, 0.05) is 11.2 Å². The molecule has 0 saturated carbocycles. The number of anilines is 1. The number of carbonyl (C=O) groups excluding carboxylic acids is 1. The normalized spacial score (nSPS) is 11.0. The highest BCUT2D eigenvalue weighted by Gasteiger charge is 2.15. The topological polar surface area (TPSA) is 64.7 Å². The molecule has 2 aromatic heterocycles. The maximum Gasteiger partial charge on any atom is 0.247 e. The van der Waals surface area contributed by atoms with E-state index in [9.17, 15) is 4.79 Å². The number of aromatic nitrogens is 4. The SMILES string of the molecule is Cc1nn(CC(=O)Nc2nn(Cc3ccccc3Cl)cc2Cl)c(C)c1Br. The number of hydrogen-bond donors (Lipinski definition) is 1. The van der Waals surface area contributed by atoms with E-state index in [0.29, 0.717) is 22.4 Å². The number of amides is 1. The molecule has 0 atom stereocenters. The van der Waals surface area contributed by atoms with E-state index < -0.39 is 0 Å². The number of carbonyl (C=O) groups is 1. The average Bonchev–Trinajstić information content (AvgIpc) is 3.04. The Morgan fingerprint density at radius 2 is 1.92 bits per heavy atom. The molecular weight excluding hydrogens is 441 g/mol. The molecule has 0 saturated heterocycles. The van der Waals surface area contributed by atoms with Crippen molar-refractivity contribution in [3.05, 3.63) is 61.9 Å². The van der Waals surface area contributed by atoms with E-state index in [1.54, 1.807) is 15.6 Å². The molecule has 0 aliphatic carbocycles. The van der Waals surface area contributed by atoms with Gasteiger partial charge >= 0.3 is 0 Å². The highest BCUT2D eigenvalue weighted by molar-refractivity contribution is 9.10. The van der Waals surface area contributed by atoms with Crippen LogP contribution in [0.4, 0.5) is 5.82 Å². The van der Waals surface area contributed by atoms with Gasteiger partial charge in [-0.3, -0.25) is 14.2 Å². The van der Waals surface area contributed by atoms with Gasteiger partial charge in [-0.05, 0) is 41.4 Å². The van der Waals surface area contributed by atoms with Crippen molar-refractivity contribution in [3.8, 4) is 0 Å². The minimum atomic E-state index is -0.256. The Hall–Kier alpha value is -1.83. The fraction of sp³-hybridized carbons (Fsp3) is 0.235. The van der Waals surface area contributed by atoms with E-state index >= 15 is 0 Å². The summed E-state index contributed by atoms with van der Waals surface area (Å²) in [5.41, 5.74) is 2.63. The smallest absolute Gasteiger partial charge is 0.247 e. The number of benzene rings is 1. The van der Waals surface area contributed by atoms with Crippen molar-refractivity contribution in [1.29, 1.82) is 0 Å². The standard InChI is InChI=1S/C17H16BrCl2N5O/c1-10-16(18)11(2)25(22-10)9-15(26)21-17-14(20)8-24(23-17)7-12-5-3-4-6-13(12)19/h3-6,8H,7,9H2,1-2H3,(H,21,23,26). The minimum absolute atomic E-state index is 0.0754. The highest BCUT2D eigenvalue weighted by atomic mass is 79.9. The van der Waals surface area contributed by atoms with Crippen molar-refractivity contribution in [3.63, 3.8) is 0 Å². The molecule has 0 unspecified atom stereocenters. The Morgan fingerprint density at radius 1 is 1.19 bits per heavy atom.